The van der Waals surface area contributed by atoms with Crippen LogP contribution in [-0.4, -0.2) is 22.4 Å². The van der Waals surface area contributed by atoms with Gasteiger partial charge in [0.15, 0.2) is 0 Å². The van der Waals surface area contributed by atoms with Crippen LogP contribution in [0.2, 0.25) is 0 Å². The first kappa shape index (κ1) is 12.6. The van der Waals surface area contributed by atoms with Crippen LogP contribution in [0.1, 0.15) is 32.9 Å². The zero-order chi connectivity index (χ0) is 12.0. The zero-order valence-corrected chi connectivity index (χ0v) is 10.1. The van der Waals surface area contributed by atoms with Crippen LogP contribution in [0.25, 0.3) is 0 Å². The van der Waals surface area contributed by atoms with Crippen molar-refractivity contribution in [2.45, 2.75) is 33.6 Å². The lowest BCUT2D eigenvalue weighted by atomic mass is 10.0. The molecule has 0 bridgehead atoms. The van der Waals surface area contributed by atoms with Crippen molar-refractivity contribution >= 4 is 5.78 Å². The molecule has 0 unspecified atom stereocenters. The van der Waals surface area contributed by atoms with Gasteiger partial charge in [0.05, 0.1) is 24.9 Å². The van der Waals surface area contributed by atoms with E-state index in [4.69, 9.17) is 4.74 Å². The maximum Gasteiger partial charge on any atom is 0.232 e. The smallest absolute Gasteiger partial charge is 0.232 e. The summed E-state index contributed by atoms with van der Waals surface area (Å²) in [7, 11) is 0. The van der Waals surface area contributed by atoms with Crippen LogP contribution in [-0.2, 0) is 11.2 Å². The average Bonchev–Trinajstić information content (AvgIpc) is 2.17. The summed E-state index contributed by atoms with van der Waals surface area (Å²) in [5.74, 6) is 1.06. The standard InChI is InChI=1S/C12H18N2O2/c1-4-16-12-8-13-7-10(14-12)6-11(15)5-9(2)3/h7-9H,4-6H2,1-3H3. The Kier molecular flexibility index (Phi) is 4.89. The van der Waals surface area contributed by atoms with E-state index in [1.165, 1.54) is 0 Å². The predicted molar refractivity (Wildman–Crippen MR) is 61.4 cm³/mol. The maximum atomic E-state index is 11.6. The normalized spacial score (nSPS) is 10.5. The van der Waals surface area contributed by atoms with E-state index < -0.39 is 0 Å². The topological polar surface area (TPSA) is 52.1 Å². The third kappa shape index (κ3) is 4.38. The van der Waals surface area contributed by atoms with Crippen molar-refractivity contribution in [3.63, 3.8) is 0 Å². The first-order valence-corrected chi connectivity index (χ1v) is 5.57. The highest BCUT2D eigenvalue weighted by molar-refractivity contribution is 5.80. The molecule has 0 radical (unpaired) electrons. The van der Waals surface area contributed by atoms with Crippen LogP contribution in [0, 0.1) is 5.92 Å². The first-order valence-electron chi connectivity index (χ1n) is 5.57. The van der Waals surface area contributed by atoms with Gasteiger partial charge >= 0.3 is 0 Å². The molecule has 1 rings (SSSR count). The first-order chi connectivity index (χ1) is 7.61. The average molecular weight is 222 g/mol. The summed E-state index contributed by atoms with van der Waals surface area (Å²) < 4.78 is 5.22. The lowest BCUT2D eigenvalue weighted by Crippen LogP contribution is -2.08. The maximum absolute atomic E-state index is 11.6. The van der Waals surface area contributed by atoms with Crippen LogP contribution in [0.15, 0.2) is 12.4 Å². The van der Waals surface area contributed by atoms with Crippen LogP contribution in [0.3, 0.4) is 0 Å². The summed E-state index contributed by atoms with van der Waals surface area (Å²) in [4.78, 5) is 19.8. The fourth-order valence-corrected chi connectivity index (χ4v) is 1.42. The molecule has 1 aromatic heterocycles. The molecule has 0 aliphatic carbocycles. The lowest BCUT2D eigenvalue weighted by Gasteiger charge is -2.05. The molecule has 0 aliphatic heterocycles. The quantitative estimate of drug-likeness (QED) is 0.739. The number of carbonyl (C=O) groups excluding carboxylic acids is 1. The third-order valence-corrected chi connectivity index (χ3v) is 1.97. The van der Waals surface area contributed by atoms with Crippen molar-refractivity contribution < 1.29 is 9.53 Å². The van der Waals surface area contributed by atoms with Crippen LogP contribution >= 0.6 is 0 Å². The molecular formula is C12H18N2O2. The Labute approximate surface area is 96.1 Å². The number of ketones is 1. The summed E-state index contributed by atoms with van der Waals surface area (Å²) >= 11 is 0. The molecule has 1 heterocycles. The highest BCUT2D eigenvalue weighted by Crippen LogP contribution is 2.08. The van der Waals surface area contributed by atoms with Crippen molar-refractivity contribution in [2.75, 3.05) is 6.61 Å². The minimum Gasteiger partial charge on any atom is -0.477 e. The van der Waals surface area contributed by atoms with E-state index in [1.54, 1.807) is 12.4 Å². The number of ether oxygens (including phenoxy) is 1. The molecule has 0 fully saturated rings. The van der Waals surface area contributed by atoms with E-state index in [0.29, 0.717) is 36.9 Å². The zero-order valence-electron chi connectivity index (χ0n) is 10.1. The molecule has 0 saturated heterocycles. The number of Topliss-reactive ketones (excluding diaryl/α,β-unsaturated/α-hetero) is 1. The summed E-state index contributed by atoms with van der Waals surface area (Å²) in [6.45, 7) is 6.50. The second kappa shape index (κ2) is 6.20. The van der Waals surface area contributed by atoms with E-state index >= 15 is 0 Å². The molecule has 0 atom stereocenters. The molecule has 0 aliphatic rings. The van der Waals surface area contributed by atoms with Crippen molar-refractivity contribution in [3.8, 4) is 5.88 Å². The Bertz CT molecular complexity index is 351. The van der Waals surface area contributed by atoms with E-state index in [0.717, 1.165) is 0 Å². The molecular weight excluding hydrogens is 204 g/mol. The Morgan fingerprint density at radius 2 is 2.19 bits per heavy atom. The molecule has 16 heavy (non-hydrogen) atoms. The second-order valence-electron chi connectivity index (χ2n) is 4.10. The summed E-state index contributed by atoms with van der Waals surface area (Å²) in [5, 5.41) is 0. The lowest BCUT2D eigenvalue weighted by molar-refractivity contribution is -0.119. The van der Waals surface area contributed by atoms with E-state index in [9.17, 15) is 4.79 Å². The van der Waals surface area contributed by atoms with Gasteiger partial charge in [-0.1, -0.05) is 13.8 Å². The Hall–Kier alpha value is -1.45. The molecule has 0 spiro atoms. The molecule has 88 valence electrons. The van der Waals surface area contributed by atoms with Gasteiger partial charge in [-0.25, -0.2) is 4.98 Å². The SMILES string of the molecule is CCOc1cncc(CC(=O)CC(C)C)n1. The van der Waals surface area contributed by atoms with E-state index in [-0.39, 0.29) is 5.78 Å². The molecule has 1 aromatic rings. The number of hydrogen-bond donors (Lipinski definition) is 0. The van der Waals surface area contributed by atoms with Gasteiger partial charge in [0.2, 0.25) is 5.88 Å². The predicted octanol–water partition coefficient (Wildman–Crippen LogP) is 2.03. The highest BCUT2D eigenvalue weighted by atomic mass is 16.5. The van der Waals surface area contributed by atoms with Crippen LogP contribution < -0.4 is 4.74 Å². The van der Waals surface area contributed by atoms with E-state index in [2.05, 4.69) is 9.97 Å². The van der Waals surface area contributed by atoms with Crippen molar-refractivity contribution in [3.05, 3.63) is 18.1 Å². The molecule has 0 aromatic carbocycles. The monoisotopic (exact) mass is 222 g/mol. The van der Waals surface area contributed by atoms with Gasteiger partial charge in [0, 0.05) is 12.6 Å². The number of rotatable bonds is 6. The van der Waals surface area contributed by atoms with Crippen molar-refractivity contribution in [1.29, 1.82) is 0 Å². The Morgan fingerprint density at radius 1 is 1.44 bits per heavy atom. The Morgan fingerprint density at radius 3 is 2.81 bits per heavy atom. The van der Waals surface area contributed by atoms with Gasteiger partial charge in [-0.05, 0) is 12.8 Å². The third-order valence-electron chi connectivity index (χ3n) is 1.97. The fraction of sp³-hybridized carbons (Fsp3) is 0.583. The van der Waals surface area contributed by atoms with Gasteiger partial charge < -0.3 is 4.74 Å². The Balaban J connectivity index is 2.59. The molecule has 0 amide bonds. The van der Waals surface area contributed by atoms with Gasteiger partial charge in [-0.3, -0.25) is 9.78 Å². The summed E-state index contributed by atoms with van der Waals surface area (Å²) in [5.41, 5.74) is 0.677. The molecule has 4 heteroatoms. The minimum absolute atomic E-state index is 0.193. The minimum atomic E-state index is 0.193. The summed E-state index contributed by atoms with van der Waals surface area (Å²) in [6.07, 6.45) is 4.09. The van der Waals surface area contributed by atoms with Crippen molar-refractivity contribution in [2.24, 2.45) is 5.92 Å². The number of hydrogen-bond acceptors (Lipinski definition) is 4. The van der Waals surface area contributed by atoms with Crippen LogP contribution in [0.4, 0.5) is 0 Å². The number of nitrogens with zero attached hydrogens (tertiary/aromatic N) is 2. The molecule has 0 N–H and O–H groups in total. The fourth-order valence-electron chi connectivity index (χ4n) is 1.42. The number of carbonyl (C=O) groups is 1. The largest absolute Gasteiger partial charge is 0.477 e. The van der Waals surface area contributed by atoms with Gasteiger partial charge in [-0.15, -0.1) is 0 Å². The molecule has 4 nitrogen and oxygen atoms in total. The summed E-state index contributed by atoms with van der Waals surface area (Å²) in [6, 6.07) is 0. The molecule has 0 saturated carbocycles. The van der Waals surface area contributed by atoms with Crippen LogP contribution in [0.5, 0.6) is 5.88 Å². The van der Waals surface area contributed by atoms with Gasteiger partial charge in [0.1, 0.15) is 5.78 Å². The second-order valence-corrected chi connectivity index (χ2v) is 4.10. The highest BCUT2D eigenvalue weighted by Gasteiger charge is 2.08. The van der Waals surface area contributed by atoms with Gasteiger partial charge in [-0.2, -0.15) is 0 Å². The van der Waals surface area contributed by atoms with Crippen molar-refractivity contribution in [1.82, 2.24) is 9.97 Å². The van der Waals surface area contributed by atoms with Gasteiger partial charge in [0.25, 0.3) is 0 Å². The van der Waals surface area contributed by atoms with E-state index in [1.807, 2.05) is 20.8 Å². The number of aromatic nitrogens is 2.